The lowest BCUT2D eigenvalue weighted by molar-refractivity contribution is 0.187. The molecule has 0 radical (unpaired) electrons. The third-order valence-corrected chi connectivity index (χ3v) is 4.35. The molecular weight excluding hydrogens is 262 g/mol. The Morgan fingerprint density at radius 1 is 1.42 bits per heavy atom. The van der Waals surface area contributed by atoms with Gasteiger partial charge in [0.25, 0.3) is 0 Å². The lowest BCUT2D eigenvalue weighted by atomic mass is 10.1. The summed E-state index contributed by atoms with van der Waals surface area (Å²) < 4.78 is 2.16. The molecule has 2 aromatic rings. The molecule has 1 aliphatic heterocycles. The number of aromatic nitrogens is 4. The SMILES string of the molecule is CCN1CCC[C@@H](n2cnc3c(C)c(Cl)nnc32)C1. The van der Waals surface area contributed by atoms with Crippen LogP contribution in [-0.2, 0) is 0 Å². The number of halogens is 1. The van der Waals surface area contributed by atoms with Crippen molar-refractivity contribution in [1.82, 2.24) is 24.6 Å². The highest BCUT2D eigenvalue weighted by molar-refractivity contribution is 6.30. The Kier molecular flexibility index (Phi) is 3.41. The van der Waals surface area contributed by atoms with Crippen LogP contribution < -0.4 is 0 Å². The number of imidazole rings is 1. The Morgan fingerprint density at radius 2 is 2.26 bits per heavy atom. The van der Waals surface area contributed by atoms with Gasteiger partial charge in [0.2, 0.25) is 0 Å². The van der Waals surface area contributed by atoms with Crippen LogP contribution in [0.15, 0.2) is 6.33 Å². The van der Waals surface area contributed by atoms with Gasteiger partial charge in [0.15, 0.2) is 10.8 Å². The van der Waals surface area contributed by atoms with Gasteiger partial charge in [0, 0.05) is 18.2 Å². The van der Waals surface area contributed by atoms with Gasteiger partial charge in [0.1, 0.15) is 5.52 Å². The molecule has 0 saturated carbocycles. The molecule has 0 unspecified atom stereocenters. The van der Waals surface area contributed by atoms with Crippen molar-refractivity contribution in [3.8, 4) is 0 Å². The van der Waals surface area contributed by atoms with E-state index < -0.39 is 0 Å². The molecule has 0 N–H and O–H groups in total. The molecule has 6 heteroatoms. The molecule has 0 aromatic carbocycles. The monoisotopic (exact) mass is 279 g/mol. The van der Waals surface area contributed by atoms with Gasteiger partial charge < -0.3 is 9.47 Å². The summed E-state index contributed by atoms with van der Waals surface area (Å²) in [7, 11) is 0. The van der Waals surface area contributed by atoms with E-state index in [4.69, 9.17) is 11.6 Å². The summed E-state index contributed by atoms with van der Waals surface area (Å²) in [6, 6.07) is 0.438. The number of likely N-dealkylation sites (N-methyl/N-ethyl adjacent to an activating group) is 1. The van der Waals surface area contributed by atoms with E-state index >= 15 is 0 Å². The third-order valence-electron chi connectivity index (χ3n) is 3.99. The molecule has 3 heterocycles. The van der Waals surface area contributed by atoms with Crippen molar-refractivity contribution in [3.05, 3.63) is 17.0 Å². The largest absolute Gasteiger partial charge is 0.309 e. The van der Waals surface area contributed by atoms with Crippen LogP contribution in [0.3, 0.4) is 0 Å². The number of hydrogen-bond donors (Lipinski definition) is 0. The molecule has 5 nitrogen and oxygen atoms in total. The minimum absolute atomic E-state index is 0.438. The van der Waals surface area contributed by atoms with E-state index in [9.17, 15) is 0 Å². The van der Waals surface area contributed by atoms with Gasteiger partial charge in [-0.15, -0.1) is 10.2 Å². The minimum atomic E-state index is 0.438. The topological polar surface area (TPSA) is 46.8 Å². The second kappa shape index (κ2) is 5.06. The van der Waals surface area contributed by atoms with E-state index in [1.54, 1.807) is 0 Å². The standard InChI is InChI=1S/C13H18ClN5/c1-3-18-6-4-5-10(7-18)19-8-15-11-9(2)12(14)16-17-13(11)19/h8,10H,3-7H2,1-2H3/t10-/m1/s1. The first-order chi connectivity index (χ1) is 9.20. The van der Waals surface area contributed by atoms with E-state index in [0.29, 0.717) is 11.2 Å². The van der Waals surface area contributed by atoms with E-state index in [-0.39, 0.29) is 0 Å². The fraction of sp³-hybridized carbons (Fsp3) is 0.615. The molecule has 3 rings (SSSR count). The van der Waals surface area contributed by atoms with Gasteiger partial charge >= 0.3 is 0 Å². The average Bonchev–Trinajstić information content (AvgIpc) is 2.87. The molecule has 1 aliphatic rings. The molecule has 0 bridgehead atoms. The van der Waals surface area contributed by atoms with Crippen molar-refractivity contribution in [2.24, 2.45) is 0 Å². The molecule has 0 aliphatic carbocycles. The van der Waals surface area contributed by atoms with Crippen molar-refractivity contribution in [1.29, 1.82) is 0 Å². The minimum Gasteiger partial charge on any atom is -0.309 e. The van der Waals surface area contributed by atoms with E-state index in [0.717, 1.165) is 29.8 Å². The van der Waals surface area contributed by atoms with Crippen LogP contribution in [-0.4, -0.2) is 44.3 Å². The van der Waals surface area contributed by atoms with Crippen molar-refractivity contribution in [3.63, 3.8) is 0 Å². The summed E-state index contributed by atoms with van der Waals surface area (Å²) in [5, 5.41) is 8.68. The van der Waals surface area contributed by atoms with Crippen LogP contribution in [0.4, 0.5) is 0 Å². The predicted octanol–water partition coefficient (Wildman–Crippen LogP) is 2.44. The normalized spacial score (nSPS) is 21.1. The van der Waals surface area contributed by atoms with Crippen LogP contribution in [0.5, 0.6) is 0 Å². The zero-order valence-electron chi connectivity index (χ0n) is 11.3. The quantitative estimate of drug-likeness (QED) is 0.847. The van der Waals surface area contributed by atoms with Crippen molar-refractivity contribution >= 4 is 22.8 Å². The molecule has 0 amide bonds. The zero-order valence-corrected chi connectivity index (χ0v) is 12.1. The van der Waals surface area contributed by atoms with Gasteiger partial charge in [-0.25, -0.2) is 4.98 Å². The lowest BCUT2D eigenvalue weighted by Gasteiger charge is -2.32. The molecule has 0 spiro atoms. The number of hydrogen-bond acceptors (Lipinski definition) is 4. The lowest BCUT2D eigenvalue weighted by Crippen LogP contribution is -2.36. The van der Waals surface area contributed by atoms with Crippen molar-refractivity contribution in [2.75, 3.05) is 19.6 Å². The molecule has 19 heavy (non-hydrogen) atoms. The molecule has 1 atom stereocenters. The Labute approximate surface area is 117 Å². The van der Waals surface area contributed by atoms with E-state index in [1.165, 1.54) is 19.4 Å². The van der Waals surface area contributed by atoms with Gasteiger partial charge in [-0.2, -0.15) is 0 Å². The highest BCUT2D eigenvalue weighted by atomic mass is 35.5. The Hall–Kier alpha value is -1.20. The van der Waals surface area contributed by atoms with Crippen LogP contribution in [0.25, 0.3) is 11.2 Å². The average molecular weight is 280 g/mol. The summed E-state index contributed by atoms with van der Waals surface area (Å²) >= 11 is 6.00. The first kappa shape index (κ1) is 12.8. The highest BCUT2D eigenvalue weighted by Gasteiger charge is 2.23. The Bertz CT molecular complexity index is 594. The fourth-order valence-electron chi connectivity index (χ4n) is 2.79. The number of aryl methyl sites for hydroxylation is 1. The maximum Gasteiger partial charge on any atom is 0.183 e. The highest BCUT2D eigenvalue weighted by Crippen LogP contribution is 2.26. The van der Waals surface area contributed by atoms with E-state index in [2.05, 4.69) is 31.6 Å². The van der Waals surface area contributed by atoms with Gasteiger partial charge in [0.05, 0.1) is 6.33 Å². The third kappa shape index (κ3) is 2.21. The maximum atomic E-state index is 6.00. The number of likely N-dealkylation sites (tertiary alicyclic amines) is 1. The maximum absolute atomic E-state index is 6.00. The zero-order chi connectivity index (χ0) is 13.4. The summed E-state index contributed by atoms with van der Waals surface area (Å²) in [5.41, 5.74) is 2.63. The van der Waals surface area contributed by atoms with E-state index in [1.807, 2.05) is 13.3 Å². The first-order valence-electron chi connectivity index (χ1n) is 6.78. The van der Waals surface area contributed by atoms with Crippen molar-refractivity contribution < 1.29 is 0 Å². The fourth-order valence-corrected chi connectivity index (χ4v) is 2.92. The summed E-state index contributed by atoms with van der Waals surface area (Å²) in [6.07, 6.45) is 4.27. The molecule has 2 aromatic heterocycles. The molecule has 102 valence electrons. The Morgan fingerprint density at radius 3 is 3.05 bits per heavy atom. The van der Waals surface area contributed by atoms with Crippen molar-refractivity contribution in [2.45, 2.75) is 32.7 Å². The second-order valence-corrected chi connectivity index (χ2v) is 5.49. The van der Waals surface area contributed by atoms with Gasteiger partial charge in [-0.05, 0) is 32.9 Å². The van der Waals surface area contributed by atoms with Gasteiger partial charge in [-0.1, -0.05) is 18.5 Å². The summed E-state index contributed by atoms with van der Waals surface area (Å²) in [5.74, 6) is 0. The van der Waals surface area contributed by atoms with Crippen LogP contribution in [0.1, 0.15) is 31.4 Å². The van der Waals surface area contributed by atoms with Gasteiger partial charge in [-0.3, -0.25) is 0 Å². The molecular formula is C13H18ClN5. The smallest absolute Gasteiger partial charge is 0.183 e. The Balaban J connectivity index is 1.99. The van der Waals surface area contributed by atoms with Crippen LogP contribution in [0.2, 0.25) is 5.15 Å². The number of piperidine rings is 1. The number of fused-ring (bicyclic) bond motifs is 1. The van der Waals surface area contributed by atoms with Crippen LogP contribution in [0, 0.1) is 6.92 Å². The van der Waals surface area contributed by atoms with Crippen LogP contribution >= 0.6 is 11.6 Å². The second-order valence-electron chi connectivity index (χ2n) is 5.13. The summed E-state index contributed by atoms with van der Waals surface area (Å²) in [6.45, 7) is 7.50. The number of nitrogens with zero attached hydrogens (tertiary/aromatic N) is 5. The first-order valence-corrected chi connectivity index (χ1v) is 7.16. The molecule has 1 fully saturated rings. The summed E-state index contributed by atoms with van der Waals surface area (Å²) in [4.78, 5) is 6.93. The molecule has 1 saturated heterocycles. The predicted molar refractivity (Wildman–Crippen MR) is 75.5 cm³/mol. The number of rotatable bonds is 2.